The second kappa shape index (κ2) is 37.7. The lowest BCUT2D eigenvalue weighted by Gasteiger charge is -2.42. The molecule has 1 saturated carbocycles. The van der Waals surface area contributed by atoms with Crippen molar-refractivity contribution in [1.29, 1.82) is 0 Å². The van der Waals surface area contributed by atoms with Crippen molar-refractivity contribution >= 4 is 74.8 Å². The van der Waals surface area contributed by atoms with Gasteiger partial charge in [-0.2, -0.15) is 43.6 Å². The summed E-state index contributed by atoms with van der Waals surface area (Å²) in [5.74, 6) is -2.09. The smallest absolute Gasteiger partial charge is 0.339 e. The van der Waals surface area contributed by atoms with Gasteiger partial charge in [0.1, 0.15) is 0 Å². The number of rotatable bonds is 28. The Morgan fingerprint density at radius 1 is 0.379 bits per heavy atom. The van der Waals surface area contributed by atoms with E-state index in [1.807, 2.05) is 79.7 Å². The van der Waals surface area contributed by atoms with E-state index in [2.05, 4.69) is 29.9 Å². The van der Waals surface area contributed by atoms with E-state index in [0.29, 0.717) is 60.0 Å². The van der Waals surface area contributed by atoms with Crippen LogP contribution < -0.4 is 0 Å². The predicted molar refractivity (Wildman–Crippen MR) is 447 cm³/mol. The first-order valence-corrected chi connectivity index (χ1v) is 46.0. The van der Waals surface area contributed by atoms with Gasteiger partial charge in [0.15, 0.2) is 43.2 Å². The second-order valence-electron chi connectivity index (χ2n) is 32.0. The van der Waals surface area contributed by atoms with Gasteiger partial charge in [0.05, 0.1) is 41.5 Å². The molecule has 4 unspecified atom stereocenters. The molecule has 0 bridgehead atoms. The van der Waals surface area contributed by atoms with Gasteiger partial charge < -0.3 is 18.3 Å². The molecule has 0 radical (unpaired) electrons. The number of nitrogens with zero attached hydrogens (tertiary/aromatic N) is 14. The van der Waals surface area contributed by atoms with Crippen molar-refractivity contribution in [1.82, 2.24) is 65.4 Å². The quantitative estimate of drug-likeness (QED) is 0.0325. The fourth-order valence-corrected chi connectivity index (χ4v) is 22.1. The number of hydrogen-bond acceptors (Lipinski definition) is 18. The Hall–Kier alpha value is -10.6. The maximum Gasteiger partial charge on any atom is 0.417 e. The number of carbonyl (C=O) groups is 4. The van der Waals surface area contributed by atoms with Crippen LogP contribution in [-0.4, -0.2) is 175 Å². The molecule has 16 rings (SSSR count). The lowest BCUT2D eigenvalue weighted by atomic mass is 9.78. The highest BCUT2D eigenvalue weighted by molar-refractivity contribution is 7.90. The maximum absolute atomic E-state index is 13.4. The first-order valence-electron chi connectivity index (χ1n) is 39.8. The minimum Gasteiger partial charge on any atom is -0.339 e. The molecule has 5 aromatic carbocycles. The van der Waals surface area contributed by atoms with Crippen LogP contribution >= 0.6 is 11.6 Å². The molecule has 1 aliphatic carbocycles. The summed E-state index contributed by atoms with van der Waals surface area (Å²) in [6.45, 7) is 5.71. The van der Waals surface area contributed by atoms with Crippen LogP contribution in [0.4, 0.5) is 26.3 Å². The molecule has 4 saturated heterocycles. The molecule has 0 spiro atoms. The van der Waals surface area contributed by atoms with Crippen molar-refractivity contribution in [2.24, 2.45) is 63.7 Å². The van der Waals surface area contributed by atoms with Crippen LogP contribution in [-0.2, 0) is 80.6 Å². The van der Waals surface area contributed by atoms with Gasteiger partial charge in [0, 0.05) is 189 Å². The molecule has 10 heterocycles. The van der Waals surface area contributed by atoms with Gasteiger partial charge >= 0.3 is 12.4 Å². The molecule has 124 heavy (non-hydrogen) atoms. The molecule has 5 aliphatic rings. The molecule has 11 aromatic rings. The van der Waals surface area contributed by atoms with Crippen LogP contribution in [0.15, 0.2) is 240 Å². The monoisotopic (exact) mass is 1800 g/mol. The van der Waals surface area contributed by atoms with Crippen LogP contribution in [0.2, 0.25) is 5.02 Å². The summed E-state index contributed by atoms with van der Waals surface area (Å²) in [6.07, 6.45) is 7.72. The Bertz CT molecular complexity index is 6140. The molecule has 5 fully saturated rings. The van der Waals surface area contributed by atoms with E-state index < -0.39 is 86.6 Å². The van der Waals surface area contributed by atoms with Crippen LogP contribution in [0.1, 0.15) is 137 Å². The highest BCUT2D eigenvalue weighted by Gasteiger charge is 2.50. The highest BCUT2D eigenvalue weighted by atomic mass is 35.5. The van der Waals surface area contributed by atoms with Gasteiger partial charge in [0.25, 0.3) is 40.1 Å². The average Bonchev–Trinajstić information content (AvgIpc) is 1.10. The third kappa shape index (κ3) is 21.2. The van der Waals surface area contributed by atoms with E-state index >= 15 is 0 Å². The number of aromatic nitrogens is 10. The molecule has 26 nitrogen and oxygen atoms in total. The highest BCUT2D eigenvalue weighted by Crippen LogP contribution is 2.48. The van der Waals surface area contributed by atoms with Crippen molar-refractivity contribution < 1.29 is 79.2 Å². The van der Waals surface area contributed by atoms with Gasteiger partial charge in [0.2, 0.25) is 0 Å². The summed E-state index contributed by atoms with van der Waals surface area (Å²) in [4.78, 5) is 76.2. The number of halogens is 7. The van der Waals surface area contributed by atoms with Crippen molar-refractivity contribution in [3.8, 4) is 0 Å². The summed E-state index contributed by atoms with van der Waals surface area (Å²) >= 11 is 6.20. The minimum absolute atomic E-state index is 0.00104. The number of hydrogen-bond donors (Lipinski definition) is 0. The van der Waals surface area contributed by atoms with Crippen molar-refractivity contribution in [3.05, 3.63) is 287 Å². The summed E-state index contributed by atoms with van der Waals surface area (Å²) < 4.78 is 194. The Kier molecular flexibility index (Phi) is 27.7. The number of aryl methyl sites for hydroxylation is 6. The summed E-state index contributed by atoms with van der Waals surface area (Å²) in [5.41, 5.74) is 2.51. The van der Waals surface area contributed by atoms with E-state index in [0.717, 1.165) is 41.8 Å². The lowest BCUT2D eigenvalue weighted by Crippen LogP contribution is -2.53. The molecular weight excluding hydrogens is 1710 g/mol. The number of imidazole rings is 4. The van der Waals surface area contributed by atoms with Crippen LogP contribution in [0.5, 0.6) is 0 Å². The Morgan fingerprint density at radius 3 is 1.13 bits per heavy atom. The van der Waals surface area contributed by atoms with Gasteiger partial charge in [-0.05, 0) is 122 Å². The molecule has 4 atom stereocenters. The third-order valence-corrected chi connectivity index (χ3v) is 30.2. The zero-order valence-electron chi connectivity index (χ0n) is 68.3. The SMILES string of the molecule is Cc1ccc(C(=O)CC(C2CC2)C2CN(S(=O)(=O)c3cn(C)cn3)C2)c(C(F)(F)F)c1.Cc1ccc(C(=O)CC(c2ccccc2)C2CN(S(=O)(=O)c3cn(C)cn3)C2)cc1.Cn1cnc(S(=O)(=O)N2CC(C(CC(=O)c3ccccc3C(F)(F)F)c3ccccn3)C2)c1.Cn1cnc(S(=O)(=O)N2CC(C(CC(=O)c3ccccc3Cl)c3ccccn3)C2)c1. The normalized spacial score (nSPS) is 17.0. The van der Waals surface area contributed by atoms with E-state index in [4.69, 9.17) is 11.6 Å². The first kappa shape index (κ1) is 91.1. The Labute approximate surface area is 720 Å². The van der Waals surface area contributed by atoms with Gasteiger partial charge in [-0.3, -0.25) is 29.1 Å². The van der Waals surface area contributed by atoms with Gasteiger partial charge in [-0.1, -0.05) is 132 Å². The molecule has 654 valence electrons. The molecule has 0 N–H and O–H groups in total. The average molecular weight is 1800 g/mol. The number of benzene rings is 5. The third-order valence-electron chi connectivity index (χ3n) is 23.0. The summed E-state index contributed by atoms with van der Waals surface area (Å²) in [7, 11) is -7.92. The first-order chi connectivity index (χ1) is 58.7. The molecule has 0 amide bonds. The Balaban J connectivity index is 0.000000142. The second-order valence-corrected chi connectivity index (χ2v) is 40.0. The van der Waals surface area contributed by atoms with Gasteiger partial charge in [-0.15, -0.1) is 0 Å². The fourth-order valence-electron chi connectivity index (χ4n) is 15.8. The van der Waals surface area contributed by atoms with E-state index in [1.165, 1.54) is 108 Å². The number of carbonyl (C=O) groups excluding carboxylic acids is 4. The number of Topliss-reactive ketones (excluding diaryl/α,β-unsaturated/α-hetero) is 4. The number of sulfonamides is 4. The largest absolute Gasteiger partial charge is 0.417 e. The van der Waals surface area contributed by atoms with E-state index in [9.17, 15) is 79.2 Å². The standard InChI is InChI=1S/C23H25N3O3S.C22H21F3N4O3S.C21H21ClN4O3S.C21H24F3N3O3S/c1-17-8-10-19(11-9-17)22(27)12-21(18-6-4-3-5-7-18)20-13-26(14-20)30(28,29)23-15-25(2)16-24-23;1-28-13-21(27-14-28)33(31,32)29-11-15(12-29)17(19-8-4-5-9-26-19)10-20(30)16-6-2-3-7-18(16)22(23,24)25;1-25-13-21(24-14-25)30(28,29)26-11-15(12-26)17(19-8-4-5-9-23-19)10-20(27)16-6-2-3-7-18(16)22;1-13-3-6-16(18(7-13)21(22,23)24)19(28)8-17(14-4-5-14)15-9-27(10-15)31(29,30)20-11-26(2)12-25-20/h3-11,15-16,20-21H,12-14H2,1-2H3;2-9,13-15,17H,10-12H2,1H3;2-9,13-15,17H,10-12H2,1H3;3,6-7,11-12,14-15,17H,4-5,8-10H2,1-2H3. The van der Waals surface area contributed by atoms with Crippen LogP contribution in [0.3, 0.4) is 0 Å². The van der Waals surface area contributed by atoms with Crippen molar-refractivity contribution in [2.75, 3.05) is 52.4 Å². The minimum atomic E-state index is -4.66. The summed E-state index contributed by atoms with van der Waals surface area (Å²) in [6, 6.07) is 43.6. The fraction of sp³-hybridized carbons (Fsp3) is 0.356. The Morgan fingerprint density at radius 2 is 0.734 bits per heavy atom. The molecule has 4 aliphatic heterocycles. The zero-order chi connectivity index (χ0) is 89.0. The zero-order valence-corrected chi connectivity index (χ0v) is 72.3. The van der Waals surface area contributed by atoms with Crippen LogP contribution in [0.25, 0.3) is 0 Å². The van der Waals surface area contributed by atoms with E-state index in [1.54, 1.807) is 97.5 Å². The number of alkyl halides is 6. The lowest BCUT2D eigenvalue weighted by molar-refractivity contribution is -0.138. The molecule has 37 heteroatoms. The van der Waals surface area contributed by atoms with E-state index in [-0.39, 0.29) is 130 Å². The predicted octanol–water partition coefficient (Wildman–Crippen LogP) is 13.7. The topological polar surface area (TPSA) is 315 Å². The molecular formula is C87H91ClF6N14O12S4. The number of pyridine rings is 2. The van der Waals surface area contributed by atoms with Crippen LogP contribution in [0, 0.1) is 49.4 Å². The summed E-state index contributed by atoms with van der Waals surface area (Å²) in [5, 5.41) is 0.408. The van der Waals surface area contributed by atoms with Gasteiger partial charge in [-0.25, -0.2) is 53.6 Å². The van der Waals surface area contributed by atoms with Crippen molar-refractivity contribution in [2.45, 2.75) is 103 Å². The van der Waals surface area contributed by atoms with Crippen molar-refractivity contribution in [3.63, 3.8) is 0 Å². The maximum atomic E-state index is 13.4. The molecule has 6 aromatic heterocycles. The number of ketones is 4.